The third-order valence-electron chi connectivity index (χ3n) is 4.93. The van der Waals surface area contributed by atoms with Crippen LogP contribution in [0.1, 0.15) is 36.6 Å². The minimum absolute atomic E-state index is 0.0809. The second-order valence-electron chi connectivity index (χ2n) is 6.46. The molecular formula is C20H19ClN4O2. The molecule has 0 aliphatic carbocycles. The smallest absolute Gasteiger partial charge is 0.231 e. The number of benzene rings is 2. The molecule has 0 N–H and O–H groups in total. The van der Waals surface area contributed by atoms with Crippen molar-refractivity contribution in [1.29, 1.82) is 0 Å². The molecule has 1 aliphatic rings. The normalized spacial score (nSPS) is 18.9. The Bertz CT molecular complexity index is 970. The summed E-state index contributed by atoms with van der Waals surface area (Å²) in [5, 5.41) is 5.05. The lowest BCUT2D eigenvalue weighted by Crippen LogP contribution is -2.41. The van der Waals surface area contributed by atoms with E-state index in [1.54, 1.807) is 23.6 Å². The van der Waals surface area contributed by atoms with E-state index in [4.69, 9.17) is 16.3 Å². The van der Waals surface area contributed by atoms with Gasteiger partial charge in [-0.2, -0.15) is 10.1 Å². The van der Waals surface area contributed by atoms with Gasteiger partial charge in [-0.15, -0.1) is 0 Å². The van der Waals surface area contributed by atoms with Crippen molar-refractivity contribution >= 4 is 23.5 Å². The van der Waals surface area contributed by atoms with Crippen LogP contribution in [-0.2, 0) is 4.79 Å². The first-order chi connectivity index (χ1) is 13.1. The summed E-state index contributed by atoms with van der Waals surface area (Å²) in [5.41, 5.74) is 1.98. The highest BCUT2D eigenvalue weighted by molar-refractivity contribution is 6.31. The van der Waals surface area contributed by atoms with Gasteiger partial charge < -0.3 is 4.74 Å². The van der Waals surface area contributed by atoms with E-state index in [1.165, 1.54) is 6.33 Å². The molecule has 7 heteroatoms. The number of rotatable bonds is 3. The molecule has 0 bridgehead atoms. The first-order valence-electron chi connectivity index (χ1n) is 8.68. The third kappa shape index (κ3) is 3.06. The van der Waals surface area contributed by atoms with Gasteiger partial charge in [0.1, 0.15) is 12.1 Å². The van der Waals surface area contributed by atoms with Crippen LogP contribution in [0.25, 0.3) is 0 Å². The minimum Gasteiger partial charge on any atom is -0.497 e. The van der Waals surface area contributed by atoms with Crippen molar-refractivity contribution in [3.8, 4) is 5.75 Å². The molecule has 0 saturated carbocycles. The Morgan fingerprint density at radius 3 is 2.56 bits per heavy atom. The largest absolute Gasteiger partial charge is 0.497 e. The van der Waals surface area contributed by atoms with E-state index in [2.05, 4.69) is 10.1 Å². The highest BCUT2D eigenvalue weighted by Crippen LogP contribution is 2.43. The van der Waals surface area contributed by atoms with Gasteiger partial charge in [0.15, 0.2) is 0 Å². The molecule has 0 spiro atoms. The second-order valence-corrected chi connectivity index (χ2v) is 6.86. The number of aromatic nitrogens is 3. The van der Waals surface area contributed by atoms with Crippen molar-refractivity contribution in [2.45, 2.75) is 25.4 Å². The summed E-state index contributed by atoms with van der Waals surface area (Å²) in [7, 11) is 1.63. The Labute approximate surface area is 162 Å². The molecule has 27 heavy (non-hydrogen) atoms. The lowest BCUT2D eigenvalue weighted by molar-refractivity contribution is -0.117. The van der Waals surface area contributed by atoms with Gasteiger partial charge in [-0.05, 0) is 35.7 Å². The fraction of sp³-hybridized carbons (Fsp3) is 0.250. The average molecular weight is 383 g/mol. The summed E-state index contributed by atoms with van der Waals surface area (Å²) in [6.07, 6.45) is 2.12. The summed E-state index contributed by atoms with van der Waals surface area (Å²) in [6.45, 7) is 1.55. The van der Waals surface area contributed by atoms with E-state index >= 15 is 0 Å². The van der Waals surface area contributed by atoms with Crippen LogP contribution >= 0.6 is 11.6 Å². The SMILES string of the molecule is COc1ccc([C@H]2C[C@H](c3ccccc3Cl)n3ncnc3N2C(C)=O)cc1. The van der Waals surface area contributed by atoms with Crippen LogP contribution < -0.4 is 9.64 Å². The summed E-state index contributed by atoms with van der Waals surface area (Å²) in [6, 6.07) is 15.2. The number of carbonyl (C=O) groups is 1. The molecule has 138 valence electrons. The highest BCUT2D eigenvalue weighted by atomic mass is 35.5. The van der Waals surface area contributed by atoms with E-state index in [1.807, 2.05) is 48.5 Å². The van der Waals surface area contributed by atoms with E-state index in [0.717, 1.165) is 16.9 Å². The molecule has 1 aliphatic heterocycles. The quantitative estimate of drug-likeness (QED) is 0.686. The van der Waals surface area contributed by atoms with Crippen LogP contribution in [0.5, 0.6) is 5.75 Å². The number of amides is 1. The van der Waals surface area contributed by atoms with E-state index in [-0.39, 0.29) is 18.0 Å². The van der Waals surface area contributed by atoms with Crippen LogP contribution in [0.2, 0.25) is 5.02 Å². The zero-order chi connectivity index (χ0) is 19.0. The molecule has 0 radical (unpaired) electrons. The molecule has 6 nitrogen and oxygen atoms in total. The number of anilines is 1. The van der Waals surface area contributed by atoms with Crippen molar-refractivity contribution in [2.75, 3.05) is 12.0 Å². The lowest BCUT2D eigenvalue weighted by Gasteiger charge is -2.38. The van der Waals surface area contributed by atoms with Gasteiger partial charge in [0.25, 0.3) is 0 Å². The topological polar surface area (TPSA) is 60.2 Å². The predicted molar refractivity (Wildman–Crippen MR) is 103 cm³/mol. The Morgan fingerprint density at radius 2 is 1.89 bits per heavy atom. The predicted octanol–water partition coefficient (Wildman–Crippen LogP) is 4.03. The third-order valence-corrected chi connectivity index (χ3v) is 5.27. The Kier molecular flexibility index (Phi) is 4.58. The molecule has 0 unspecified atom stereocenters. The van der Waals surface area contributed by atoms with Crippen LogP contribution in [0.3, 0.4) is 0 Å². The zero-order valence-electron chi connectivity index (χ0n) is 15.0. The summed E-state index contributed by atoms with van der Waals surface area (Å²) in [4.78, 5) is 18.5. The standard InChI is InChI=1S/C20H19ClN4O2/c1-13(26)24-18(14-7-9-15(27-2)10-8-14)11-19(25-20(24)22-12-23-25)16-5-3-4-6-17(16)21/h3-10,12,18-19H,11H2,1-2H3/t18-,19-/m1/s1. The van der Waals surface area contributed by atoms with Crippen LogP contribution in [-0.4, -0.2) is 27.8 Å². The summed E-state index contributed by atoms with van der Waals surface area (Å²) >= 11 is 6.46. The maximum atomic E-state index is 12.5. The molecule has 2 heterocycles. The molecule has 2 atom stereocenters. The summed E-state index contributed by atoms with van der Waals surface area (Å²) in [5.74, 6) is 1.22. The van der Waals surface area contributed by atoms with Crippen LogP contribution in [0.15, 0.2) is 54.9 Å². The number of nitrogens with zero attached hydrogens (tertiary/aromatic N) is 4. The number of ether oxygens (including phenoxy) is 1. The first-order valence-corrected chi connectivity index (χ1v) is 9.05. The van der Waals surface area contributed by atoms with Crippen molar-refractivity contribution in [2.24, 2.45) is 0 Å². The minimum atomic E-state index is -0.175. The second kappa shape index (κ2) is 7.04. The van der Waals surface area contributed by atoms with Crippen LogP contribution in [0, 0.1) is 0 Å². The number of halogens is 1. The van der Waals surface area contributed by atoms with Gasteiger partial charge >= 0.3 is 0 Å². The van der Waals surface area contributed by atoms with E-state index in [9.17, 15) is 4.79 Å². The lowest BCUT2D eigenvalue weighted by atomic mass is 9.92. The van der Waals surface area contributed by atoms with Crippen molar-refractivity contribution < 1.29 is 9.53 Å². The van der Waals surface area contributed by atoms with E-state index < -0.39 is 0 Å². The van der Waals surface area contributed by atoms with E-state index in [0.29, 0.717) is 17.4 Å². The van der Waals surface area contributed by atoms with Gasteiger partial charge in [-0.1, -0.05) is 41.9 Å². The van der Waals surface area contributed by atoms with Gasteiger partial charge in [0.05, 0.1) is 19.2 Å². The Balaban J connectivity index is 1.83. The highest BCUT2D eigenvalue weighted by Gasteiger charge is 2.38. The van der Waals surface area contributed by atoms with Crippen molar-refractivity contribution in [3.05, 3.63) is 71.0 Å². The van der Waals surface area contributed by atoms with Gasteiger partial charge in [0, 0.05) is 11.9 Å². The monoisotopic (exact) mass is 382 g/mol. The molecule has 2 aromatic carbocycles. The summed E-state index contributed by atoms with van der Waals surface area (Å²) < 4.78 is 7.04. The van der Waals surface area contributed by atoms with Crippen molar-refractivity contribution in [1.82, 2.24) is 14.8 Å². The number of methoxy groups -OCH3 is 1. The number of hydrogen-bond donors (Lipinski definition) is 0. The first kappa shape index (κ1) is 17.5. The molecule has 1 amide bonds. The molecule has 0 fully saturated rings. The maximum absolute atomic E-state index is 12.5. The van der Waals surface area contributed by atoms with Crippen molar-refractivity contribution in [3.63, 3.8) is 0 Å². The molecule has 0 saturated heterocycles. The molecular weight excluding hydrogens is 364 g/mol. The van der Waals surface area contributed by atoms with Gasteiger partial charge in [0.2, 0.25) is 11.9 Å². The fourth-order valence-corrected chi connectivity index (χ4v) is 3.93. The van der Waals surface area contributed by atoms with Crippen LogP contribution in [0.4, 0.5) is 5.95 Å². The maximum Gasteiger partial charge on any atom is 0.231 e. The number of fused-ring (bicyclic) bond motifs is 1. The number of carbonyl (C=O) groups excluding carboxylic acids is 1. The van der Waals surface area contributed by atoms with Gasteiger partial charge in [-0.25, -0.2) is 4.68 Å². The number of hydrogen-bond acceptors (Lipinski definition) is 4. The Hall–Kier alpha value is -2.86. The molecule has 3 aromatic rings. The van der Waals surface area contributed by atoms with Gasteiger partial charge in [-0.3, -0.25) is 9.69 Å². The molecule has 1 aromatic heterocycles. The zero-order valence-corrected chi connectivity index (χ0v) is 15.8. The Morgan fingerprint density at radius 1 is 1.15 bits per heavy atom. The fourth-order valence-electron chi connectivity index (χ4n) is 3.67. The molecule has 4 rings (SSSR count). The average Bonchev–Trinajstić information content (AvgIpc) is 3.16.